The summed E-state index contributed by atoms with van der Waals surface area (Å²) in [4.78, 5) is 77.8. The fourth-order valence-electron chi connectivity index (χ4n) is 4.79. The molecule has 216 valence electrons. The highest BCUT2D eigenvalue weighted by atomic mass is 16.7. The maximum Gasteiger partial charge on any atom is 0.407 e. The fourth-order valence-corrected chi connectivity index (χ4v) is 4.79. The van der Waals surface area contributed by atoms with Crippen LogP contribution in [0.4, 0.5) is 4.79 Å². The van der Waals surface area contributed by atoms with E-state index < -0.39 is 54.8 Å². The van der Waals surface area contributed by atoms with E-state index >= 15 is 0 Å². The monoisotopic (exact) mass is 564 g/mol. The number of alkyl carbamates (subject to hydrolysis) is 1. The van der Waals surface area contributed by atoms with Gasteiger partial charge in [0.15, 0.2) is 0 Å². The largest absolute Gasteiger partial charge is 0.449 e. The third-order valence-electron chi connectivity index (χ3n) is 6.70. The van der Waals surface area contributed by atoms with Gasteiger partial charge in [0.1, 0.15) is 19.2 Å². The van der Waals surface area contributed by atoms with Crippen molar-refractivity contribution in [3.05, 3.63) is 59.7 Å². The molecule has 2 aliphatic rings. The maximum atomic E-state index is 12.5. The Bertz CT molecular complexity index is 1300. The Balaban J connectivity index is 1.20. The standard InChI is InChI=1S/C29H32N4O8/c1-17(2)13-23(28(38)41-33-26(36)11-12-27(33)37)32-25(35)15-30-24(34)14-31-29(39)40-16-22-20-9-5-3-7-18(20)19-8-4-6-10-21(19)22/h3-10,17,22-23H,11-16H2,1-2H3,(H,30,34)(H,31,39)(H,32,35)/t23-/m0/s1. The Morgan fingerprint density at radius 3 is 2.00 bits per heavy atom. The molecule has 1 aliphatic carbocycles. The van der Waals surface area contributed by atoms with Gasteiger partial charge in [-0.1, -0.05) is 62.4 Å². The van der Waals surface area contributed by atoms with E-state index in [4.69, 9.17) is 9.57 Å². The van der Waals surface area contributed by atoms with Crippen LogP contribution in [0.25, 0.3) is 11.1 Å². The Morgan fingerprint density at radius 2 is 1.41 bits per heavy atom. The van der Waals surface area contributed by atoms with Gasteiger partial charge in [-0.2, -0.15) is 0 Å². The molecule has 1 heterocycles. The lowest BCUT2D eigenvalue weighted by Crippen LogP contribution is -2.49. The summed E-state index contributed by atoms with van der Waals surface area (Å²) >= 11 is 0. The van der Waals surface area contributed by atoms with Gasteiger partial charge in [-0.3, -0.25) is 19.2 Å². The fraction of sp³-hybridized carbons (Fsp3) is 0.379. The van der Waals surface area contributed by atoms with Gasteiger partial charge in [0.2, 0.25) is 11.8 Å². The Labute approximate surface area is 236 Å². The van der Waals surface area contributed by atoms with Crippen LogP contribution in [-0.2, 0) is 33.5 Å². The first-order chi connectivity index (χ1) is 19.6. The van der Waals surface area contributed by atoms with Gasteiger partial charge in [0.25, 0.3) is 11.8 Å². The Morgan fingerprint density at radius 1 is 0.854 bits per heavy atom. The molecular formula is C29H32N4O8. The molecule has 0 saturated carbocycles. The number of benzene rings is 2. The number of ether oxygens (including phenoxy) is 1. The van der Waals surface area contributed by atoms with Crippen molar-refractivity contribution in [1.29, 1.82) is 0 Å². The van der Waals surface area contributed by atoms with E-state index in [0.29, 0.717) is 5.06 Å². The first kappa shape index (κ1) is 29.2. The zero-order valence-electron chi connectivity index (χ0n) is 22.8. The van der Waals surface area contributed by atoms with Crippen LogP contribution in [0, 0.1) is 5.92 Å². The van der Waals surface area contributed by atoms with Crippen LogP contribution in [0.5, 0.6) is 0 Å². The Hall–Kier alpha value is -4.74. The normalized spacial score (nSPS) is 14.8. The highest BCUT2D eigenvalue weighted by Crippen LogP contribution is 2.44. The molecule has 12 nitrogen and oxygen atoms in total. The van der Waals surface area contributed by atoms with Crippen LogP contribution in [0.3, 0.4) is 0 Å². The number of hydrogen-bond donors (Lipinski definition) is 3. The number of fused-ring (bicyclic) bond motifs is 3. The highest BCUT2D eigenvalue weighted by Gasteiger charge is 2.35. The van der Waals surface area contributed by atoms with Crippen molar-refractivity contribution in [3.63, 3.8) is 0 Å². The topological polar surface area (TPSA) is 160 Å². The summed E-state index contributed by atoms with van der Waals surface area (Å²) < 4.78 is 5.39. The minimum absolute atomic E-state index is 0.0335. The molecule has 5 amide bonds. The summed E-state index contributed by atoms with van der Waals surface area (Å²) in [6.45, 7) is 2.81. The van der Waals surface area contributed by atoms with Crippen LogP contribution in [0.15, 0.2) is 48.5 Å². The number of nitrogens with one attached hydrogen (secondary N) is 3. The quantitative estimate of drug-likeness (QED) is 0.348. The van der Waals surface area contributed by atoms with E-state index in [9.17, 15) is 28.8 Å². The molecule has 0 aromatic heterocycles. The third-order valence-corrected chi connectivity index (χ3v) is 6.70. The summed E-state index contributed by atoms with van der Waals surface area (Å²) in [5.74, 6) is -3.72. The van der Waals surface area contributed by atoms with Crippen molar-refractivity contribution >= 4 is 35.7 Å². The van der Waals surface area contributed by atoms with E-state index in [1.807, 2.05) is 62.4 Å². The van der Waals surface area contributed by atoms with Gasteiger partial charge >= 0.3 is 12.1 Å². The summed E-state index contributed by atoms with van der Waals surface area (Å²) in [5, 5.41) is 7.58. The van der Waals surface area contributed by atoms with Gasteiger partial charge in [0, 0.05) is 18.8 Å². The van der Waals surface area contributed by atoms with Gasteiger partial charge in [-0.05, 0) is 34.6 Å². The van der Waals surface area contributed by atoms with Crippen LogP contribution < -0.4 is 16.0 Å². The second kappa shape index (κ2) is 13.1. The molecular weight excluding hydrogens is 532 g/mol. The number of amides is 5. The van der Waals surface area contributed by atoms with Crippen molar-refractivity contribution in [2.24, 2.45) is 5.92 Å². The molecule has 2 aromatic carbocycles. The molecule has 3 N–H and O–H groups in total. The summed E-state index contributed by atoms with van der Waals surface area (Å²) in [6, 6.07) is 14.7. The number of carbonyl (C=O) groups excluding carboxylic acids is 6. The predicted octanol–water partition coefficient (Wildman–Crippen LogP) is 1.78. The highest BCUT2D eigenvalue weighted by molar-refractivity contribution is 6.02. The SMILES string of the molecule is CC(C)C[C@H](NC(=O)CNC(=O)CNC(=O)OCC1c2ccccc2-c2ccccc21)C(=O)ON1C(=O)CCC1=O. The number of hydroxylamine groups is 2. The van der Waals surface area contributed by atoms with E-state index in [-0.39, 0.29) is 37.7 Å². The van der Waals surface area contributed by atoms with Crippen LogP contribution in [0.2, 0.25) is 0 Å². The average Bonchev–Trinajstić information content (AvgIpc) is 3.44. The van der Waals surface area contributed by atoms with Crippen LogP contribution in [0.1, 0.15) is 50.2 Å². The number of rotatable bonds is 11. The van der Waals surface area contributed by atoms with E-state index in [1.54, 1.807) is 0 Å². The lowest BCUT2D eigenvalue weighted by Gasteiger charge is -2.21. The molecule has 1 aliphatic heterocycles. The minimum Gasteiger partial charge on any atom is -0.449 e. The van der Waals surface area contributed by atoms with E-state index in [2.05, 4.69) is 16.0 Å². The molecule has 4 rings (SSSR count). The molecule has 1 saturated heterocycles. The van der Waals surface area contributed by atoms with Gasteiger partial charge < -0.3 is 25.5 Å². The molecule has 0 radical (unpaired) electrons. The molecule has 0 spiro atoms. The zero-order valence-corrected chi connectivity index (χ0v) is 22.8. The van der Waals surface area contributed by atoms with Gasteiger partial charge in [-0.25, -0.2) is 9.59 Å². The lowest BCUT2D eigenvalue weighted by atomic mass is 9.98. The molecule has 12 heteroatoms. The number of hydrogen-bond acceptors (Lipinski definition) is 8. The molecule has 1 atom stereocenters. The second-order valence-corrected chi connectivity index (χ2v) is 10.2. The molecule has 41 heavy (non-hydrogen) atoms. The first-order valence-corrected chi connectivity index (χ1v) is 13.4. The molecule has 2 aromatic rings. The van der Waals surface area contributed by atoms with Crippen molar-refractivity contribution < 1.29 is 38.3 Å². The molecule has 0 unspecified atom stereocenters. The maximum absolute atomic E-state index is 12.5. The van der Waals surface area contributed by atoms with Crippen molar-refractivity contribution in [2.45, 2.75) is 45.1 Å². The van der Waals surface area contributed by atoms with Crippen LogP contribution >= 0.6 is 0 Å². The summed E-state index contributed by atoms with van der Waals surface area (Å²) in [5.41, 5.74) is 4.31. The van der Waals surface area contributed by atoms with Gasteiger partial charge in [-0.15, -0.1) is 5.06 Å². The smallest absolute Gasteiger partial charge is 0.407 e. The summed E-state index contributed by atoms with van der Waals surface area (Å²) in [6.07, 6.45) is -0.706. The number of carbonyl (C=O) groups is 6. The summed E-state index contributed by atoms with van der Waals surface area (Å²) in [7, 11) is 0. The second-order valence-electron chi connectivity index (χ2n) is 10.2. The lowest BCUT2D eigenvalue weighted by molar-refractivity contribution is -0.199. The van der Waals surface area contributed by atoms with E-state index in [0.717, 1.165) is 22.3 Å². The minimum atomic E-state index is -1.14. The zero-order chi connectivity index (χ0) is 29.5. The average molecular weight is 565 g/mol. The van der Waals surface area contributed by atoms with Crippen molar-refractivity contribution in [2.75, 3.05) is 19.7 Å². The van der Waals surface area contributed by atoms with Crippen molar-refractivity contribution in [1.82, 2.24) is 21.0 Å². The molecule has 1 fully saturated rings. The molecule has 0 bridgehead atoms. The van der Waals surface area contributed by atoms with Crippen molar-refractivity contribution in [3.8, 4) is 11.1 Å². The first-order valence-electron chi connectivity index (χ1n) is 13.4. The third kappa shape index (κ3) is 7.27. The van der Waals surface area contributed by atoms with Crippen LogP contribution in [-0.4, -0.2) is 66.5 Å². The Kier molecular flexibility index (Phi) is 9.33. The van der Waals surface area contributed by atoms with Gasteiger partial charge in [0.05, 0.1) is 6.54 Å². The number of nitrogens with zero attached hydrogens (tertiary/aromatic N) is 1. The predicted molar refractivity (Wildman–Crippen MR) is 145 cm³/mol. The number of imide groups is 1. The van der Waals surface area contributed by atoms with E-state index in [1.165, 1.54) is 0 Å².